The molecular weight excluding hydrogens is 246 g/mol. The molecule has 2 aromatic rings. The molecule has 2 heterocycles. The lowest BCUT2D eigenvalue weighted by atomic mass is 10.1. The van der Waals surface area contributed by atoms with Gasteiger partial charge >= 0.3 is 0 Å². The number of nitrogens with zero attached hydrogens (tertiary/aromatic N) is 2. The first-order chi connectivity index (χ1) is 8.52. The monoisotopic (exact) mass is 265 g/mol. The fourth-order valence-electron chi connectivity index (χ4n) is 1.95. The summed E-state index contributed by atoms with van der Waals surface area (Å²) in [5, 5.41) is 0.945. The van der Waals surface area contributed by atoms with Crippen LogP contribution in [0.5, 0.6) is 0 Å². The van der Waals surface area contributed by atoms with Gasteiger partial charge in [-0.3, -0.25) is 0 Å². The first-order valence-electron chi connectivity index (χ1n) is 6.18. The topological polar surface area (TPSA) is 61.0 Å². The van der Waals surface area contributed by atoms with Gasteiger partial charge in [0.1, 0.15) is 16.8 Å². The molecule has 0 fully saturated rings. The van der Waals surface area contributed by atoms with Crippen molar-refractivity contribution < 1.29 is 4.74 Å². The van der Waals surface area contributed by atoms with Crippen LogP contribution in [0, 0.1) is 12.8 Å². The highest BCUT2D eigenvalue weighted by atomic mass is 32.1. The Hall–Kier alpha value is -1.20. The third-order valence-corrected chi connectivity index (χ3v) is 3.71. The lowest BCUT2D eigenvalue weighted by Gasteiger charge is -2.19. The number of aromatic nitrogens is 2. The van der Waals surface area contributed by atoms with Gasteiger partial charge in [-0.1, -0.05) is 13.8 Å². The number of nitrogens with two attached hydrogens (primary N) is 1. The number of thiophene rings is 1. The normalized spacial score (nSPS) is 13.4. The molecule has 5 heteroatoms. The zero-order valence-electron chi connectivity index (χ0n) is 11.2. The number of aryl methyl sites for hydroxylation is 1. The Morgan fingerprint density at radius 3 is 2.72 bits per heavy atom. The van der Waals surface area contributed by atoms with Crippen LogP contribution in [0.4, 0.5) is 5.82 Å². The van der Waals surface area contributed by atoms with E-state index in [0.717, 1.165) is 10.2 Å². The largest absolute Gasteiger partial charge is 0.383 e. The molecule has 98 valence electrons. The van der Waals surface area contributed by atoms with Gasteiger partial charge < -0.3 is 10.5 Å². The van der Waals surface area contributed by atoms with Gasteiger partial charge in [0.15, 0.2) is 5.82 Å². The van der Waals surface area contributed by atoms with E-state index in [1.807, 2.05) is 19.9 Å². The van der Waals surface area contributed by atoms with E-state index in [1.54, 1.807) is 11.3 Å². The summed E-state index contributed by atoms with van der Waals surface area (Å²) in [7, 11) is 0. The number of anilines is 1. The smallest absolute Gasteiger partial charge is 0.161 e. The Kier molecular flexibility index (Phi) is 3.82. The summed E-state index contributed by atoms with van der Waals surface area (Å²) in [5.41, 5.74) is 6.00. The van der Waals surface area contributed by atoms with Crippen molar-refractivity contribution in [1.82, 2.24) is 9.97 Å². The lowest BCUT2D eigenvalue weighted by Crippen LogP contribution is -2.15. The number of nitrogen functional groups attached to an aromatic ring is 1. The summed E-state index contributed by atoms with van der Waals surface area (Å²) in [6.45, 7) is 8.88. The summed E-state index contributed by atoms with van der Waals surface area (Å²) in [6.07, 6.45) is -0.0934. The second kappa shape index (κ2) is 5.20. The zero-order valence-corrected chi connectivity index (χ0v) is 12.0. The highest BCUT2D eigenvalue weighted by Gasteiger charge is 2.21. The number of ether oxygens (including phenoxy) is 1. The van der Waals surface area contributed by atoms with E-state index in [9.17, 15) is 0 Å². The van der Waals surface area contributed by atoms with Crippen molar-refractivity contribution in [2.45, 2.75) is 33.8 Å². The molecule has 0 spiro atoms. The van der Waals surface area contributed by atoms with Crippen molar-refractivity contribution in [2.24, 2.45) is 5.92 Å². The van der Waals surface area contributed by atoms with Gasteiger partial charge in [0.25, 0.3) is 0 Å². The molecule has 2 rings (SSSR count). The van der Waals surface area contributed by atoms with Crippen molar-refractivity contribution in [3.8, 4) is 0 Å². The molecule has 0 amide bonds. The second-order valence-corrected chi connectivity index (χ2v) is 5.90. The third-order valence-electron chi connectivity index (χ3n) is 2.77. The highest BCUT2D eigenvalue weighted by molar-refractivity contribution is 7.18. The Balaban J connectivity index is 2.49. The molecule has 2 N–H and O–H groups in total. The zero-order chi connectivity index (χ0) is 13.3. The quantitative estimate of drug-likeness (QED) is 0.921. The van der Waals surface area contributed by atoms with Crippen molar-refractivity contribution in [3.05, 3.63) is 16.8 Å². The van der Waals surface area contributed by atoms with Crippen LogP contribution < -0.4 is 5.73 Å². The molecule has 0 aromatic carbocycles. The molecule has 1 unspecified atom stereocenters. The van der Waals surface area contributed by atoms with Crippen LogP contribution in [-0.2, 0) is 4.74 Å². The first-order valence-corrected chi connectivity index (χ1v) is 6.99. The lowest BCUT2D eigenvalue weighted by molar-refractivity contribution is 0.0236. The summed E-state index contributed by atoms with van der Waals surface area (Å²) in [5.74, 6) is 1.56. The Labute approximate surface area is 111 Å². The third kappa shape index (κ3) is 2.47. The van der Waals surface area contributed by atoms with Crippen LogP contribution in [-0.4, -0.2) is 16.6 Å². The van der Waals surface area contributed by atoms with Crippen molar-refractivity contribution in [3.63, 3.8) is 0 Å². The van der Waals surface area contributed by atoms with Gasteiger partial charge in [-0.05, 0) is 25.8 Å². The van der Waals surface area contributed by atoms with Crippen LogP contribution in [0.15, 0.2) is 6.07 Å². The van der Waals surface area contributed by atoms with E-state index < -0.39 is 0 Å². The van der Waals surface area contributed by atoms with E-state index in [1.165, 1.54) is 4.88 Å². The average Bonchev–Trinajstić information content (AvgIpc) is 2.66. The van der Waals surface area contributed by atoms with Gasteiger partial charge in [0.05, 0.1) is 5.39 Å². The van der Waals surface area contributed by atoms with Gasteiger partial charge in [-0.15, -0.1) is 11.3 Å². The number of fused-ring (bicyclic) bond motifs is 1. The minimum Gasteiger partial charge on any atom is -0.383 e. The minimum absolute atomic E-state index is 0.0934. The maximum absolute atomic E-state index is 6.00. The Bertz CT molecular complexity index is 550. The highest BCUT2D eigenvalue weighted by Crippen LogP contribution is 2.30. The second-order valence-electron chi connectivity index (χ2n) is 4.66. The van der Waals surface area contributed by atoms with E-state index in [0.29, 0.717) is 24.2 Å². The molecule has 18 heavy (non-hydrogen) atoms. The molecule has 1 atom stereocenters. The van der Waals surface area contributed by atoms with Crippen molar-refractivity contribution in [2.75, 3.05) is 12.3 Å². The molecule has 0 aliphatic heterocycles. The van der Waals surface area contributed by atoms with Crippen LogP contribution in [0.2, 0.25) is 0 Å². The van der Waals surface area contributed by atoms with Gasteiger partial charge in [0, 0.05) is 11.5 Å². The minimum atomic E-state index is -0.0934. The molecule has 0 aliphatic carbocycles. The number of hydrogen-bond donors (Lipinski definition) is 1. The van der Waals surface area contributed by atoms with E-state index in [2.05, 4.69) is 23.8 Å². The number of hydrogen-bond acceptors (Lipinski definition) is 5. The number of rotatable bonds is 4. The van der Waals surface area contributed by atoms with E-state index >= 15 is 0 Å². The average molecular weight is 265 g/mol. The van der Waals surface area contributed by atoms with Gasteiger partial charge in [-0.25, -0.2) is 9.97 Å². The van der Waals surface area contributed by atoms with Crippen molar-refractivity contribution >= 4 is 27.4 Å². The van der Waals surface area contributed by atoms with Gasteiger partial charge in [0.2, 0.25) is 0 Å². The van der Waals surface area contributed by atoms with Gasteiger partial charge in [-0.2, -0.15) is 0 Å². The fourth-order valence-corrected chi connectivity index (χ4v) is 2.85. The maximum atomic E-state index is 6.00. The maximum Gasteiger partial charge on any atom is 0.161 e. The SMILES string of the molecule is CCOC(c1nc(N)c2cc(C)sc2n1)C(C)C. The van der Waals surface area contributed by atoms with E-state index in [-0.39, 0.29) is 6.10 Å². The molecule has 0 bridgehead atoms. The standard InChI is InChI=1S/C13H19N3OS/c1-5-17-10(7(2)3)12-15-11(14)9-6-8(4)18-13(9)16-12/h6-7,10H,5H2,1-4H3,(H2,14,15,16). The molecule has 4 nitrogen and oxygen atoms in total. The Morgan fingerprint density at radius 2 is 2.11 bits per heavy atom. The molecule has 0 saturated carbocycles. The van der Waals surface area contributed by atoms with E-state index in [4.69, 9.17) is 10.5 Å². The summed E-state index contributed by atoms with van der Waals surface area (Å²) >= 11 is 1.64. The van der Waals surface area contributed by atoms with Crippen LogP contribution in [0.1, 0.15) is 37.6 Å². The predicted molar refractivity (Wildman–Crippen MR) is 75.8 cm³/mol. The molecule has 0 radical (unpaired) electrons. The van der Waals surface area contributed by atoms with Crippen LogP contribution >= 0.6 is 11.3 Å². The summed E-state index contributed by atoms with van der Waals surface area (Å²) in [4.78, 5) is 11.1. The fraction of sp³-hybridized carbons (Fsp3) is 0.538. The van der Waals surface area contributed by atoms with Crippen LogP contribution in [0.25, 0.3) is 10.2 Å². The molecule has 0 saturated heterocycles. The summed E-state index contributed by atoms with van der Waals surface area (Å²) < 4.78 is 5.72. The van der Waals surface area contributed by atoms with Crippen molar-refractivity contribution in [1.29, 1.82) is 0 Å². The summed E-state index contributed by atoms with van der Waals surface area (Å²) in [6, 6.07) is 2.03. The molecule has 2 aromatic heterocycles. The first kappa shape index (κ1) is 13.2. The molecular formula is C13H19N3OS. The predicted octanol–water partition coefficient (Wildman–Crippen LogP) is 3.32. The Morgan fingerprint density at radius 1 is 1.39 bits per heavy atom. The molecule has 0 aliphatic rings. The van der Waals surface area contributed by atoms with Crippen LogP contribution in [0.3, 0.4) is 0 Å².